The van der Waals surface area contributed by atoms with Crippen molar-refractivity contribution in [3.63, 3.8) is 0 Å². The number of aliphatic hydroxyl groups excluding tert-OH is 1. The van der Waals surface area contributed by atoms with Crippen LogP contribution >= 0.6 is 23.2 Å². The first-order valence-corrected chi connectivity index (χ1v) is 5.67. The maximum absolute atomic E-state index is 11.9. The van der Waals surface area contributed by atoms with Gasteiger partial charge in [0.2, 0.25) is 0 Å². The topological polar surface area (TPSA) is 66.8 Å². The Labute approximate surface area is 103 Å². The van der Waals surface area contributed by atoms with E-state index in [0.717, 1.165) is 0 Å². The molecule has 0 amide bonds. The van der Waals surface area contributed by atoms with Crippen LogP contribution in [0.5, 0.6) is 0 Å². The van der Waals surface area contributed by atoms with E-state index in [1.54, 1.807) is 0 Å². The van der Waals surface area contributed by atoms with Crippen LogP contribution in [0.1, 0.15) is 12.8 Å². The fourth-order valence-electron chi connectivity index (χ4n) is 2.51. The Morgan fingerprint density at radius 2 is 2.25 bits per heavy atom. The second-order valence-electron chi connectivity index (χ2n) is 4.25. The number of alkyl halides is 1. The van der Waals surface area contributed by atoms with Crippen molar-refractivity contribution in [1.82, 2.24) is 0 Å². The summed E-state index contributed by atoms with van der Waals surface area (Å²) in [5.74, 6) is -0.598. The number of hydrogen-bond acceptors (Lipinski definition) is 4. The molecule has 2 N–H and O–H groups in total. The van der Waals surface area contributed by atoms with Crippen molar-refractivity contribution in [2.45, 2.75) is 35.5 Å². The van der Waals surface area contributed by atoms with E-state index >= 15 is 0 Å². The Morgan fingerprint density at radius 1 is 1.62 bits per heavy atom. The minimum Gasteiger partial charge on any atom is -0.391 e. The SMILES string of the molecule is CO[C@@H]1[C@]2(Cl)C(=O)C(Cl)=C[C@@]1(O)CC[C@H]2O. The van der Waals surface area contributed by atoms with Crippen LogP contribution in [0.3, 0.4) is 0 Å². The smallest absolute Gasteiger partial charge is 0.200 e. The van der Waals surface area contributed by atoms with Gasteiger partial charge in [-0.25, -0.2) is 0 Å². The average Bonchev–Trinajstić information content (AvgIpc) is 2.22. The van der Waals surface area contributed by atoms with Crippen LogP contribution in [0.15, 0.2) is 11.1 Å². The third-order valence-electron chi connectivity index (χ3n) is 3.32. The molecule has 0 aromatic rings. The summed E-state index contributed by atoms with van der Waals surface area (Å²) in [6.45, 7) is 0. The van der Waals surface area contributed by atoms with Gasteiger partial charge < -0.3 is 14.9 Å². The number of methoxy groups -OCH3 is 1. The molecular formula is C10H12Cl2O4. The normalized spacial score (nSPS) is 47.8. The summed E-state index contributed by atoms with van der Waals surface area (Å²) in [6, 6.07) is 0. The Hall–Kier alpha value is -0.130. The van der Waals surface area contributed by atoms with Crippen LogP contribution < -0.4 is 0 Å². The molecule has 0 spiro atoms. The highest BCUT2D eigenvalue weighted by atomic mass is 35.5. The van der Waals surface area contributed by atoms with Gasteiger partial charge in [-0.15, -0.1) is 11.6 Å². The van der Waals surface area contributed by atoms with Crippen LogP contribution in [0.4, 0.5) is 0 Å². The highest BCUT2D eigenvalue weighted by Crippen LogP contribution is 2.48. The molecule has 2 rings (SSSR count). The van der Waals surface area contributed by atoms with Crippen LogP contribution in [0.2, 0.25) is 0 Å². The number of rotatable bonds is 1. The number of halogens is 2. The van der Waals surface area contributed by atoms with E-state index in [0.29, 0.717) is 0 Å². The molecule has 4 nitrogen and oxygen atoms in total. The van der Waals surface area contributed by atoms with Gasteiger partial charge >= 0.3 is 0 Å². The Bertz CT molecular complexity index is 370. The van der Waals surface area contributed by atoms with E-state index in [-0.39, 0.29) is 17.9 Å². The molecule has 2 aliphatic rings. The molecule has 6 heteroatoms. The van der Waals surface area contributed by atoms with Crippen molar-refractivity contribution < 1.29 is 19.7 Å². The molecule has 0 aliphatic heterocycles. The molecule has 1 saturated carbocycles. The predicted octanol–water partition coefficient (Wildman–Crippen LogP) is 0.570. The van der Waals surface area contributed by atoms with Crippen LogP contribution in [-0.4, -0.2) is 45.8 Å². The van der Waals surface area contributed by atoms with E-state index in [1.165, 1.54) is 13.2 Å². The van der Waals surface area contributed by atoms with Gasteiger partial charge in [-0.1, -0.05) is 11.6 Å². The van der Waals surface area contributed by atoms with E-state index in [1.807, 2.05) is 0 Å². The Balaban J connectivity index is 2.59. The summed E-state index contributed by atoms with van der Waals surface area (Å²) in [4.78, 5) is 10.2. The van der Waals surface area contributed by atoms with E-state index in [2.05, 4.69) is 0 Å². The number of ether oxygens (including phenoxy) is 1. The molecule has 0 saturated heterocycles. The largest absolute Gasteiger partial charge is 0.391 e. The van der Waals surface area contributed by atoms with Crippen molar-refractivity contribution in [3.8, 4) is 0 Å². The average molecular weight is 267 g/mol. The van der Waals surface area contributed by atoms with Crippen molar-refractivity contribution in [1.29, 1.82) is 0 Å². The van der Waals surface area contributed by atoms with Gasteiger partial charge in [-0.2, -0.15) is 0 Å². The first-order valence-electron chi connectivity index (χ1n) is 4.91. The number of carbonyl (C=O) groups is 1. The quantitative estimate of drug-likeness (QED) is 0.682. The first-order chi connectivity index (χ1) is 7.36. The fraction of sp³-hybridized carbons (Fsp3) is 0.700. The van der Waals surface area contributed by atoms with Crippen LogP contribution in [-0.2, 0) is 9.53 Å². The van der Waals surface area contributed by atoms with Crippen molar-refractivity contribution in [3.05, 3.63) is 11.1 Å². The number of aliphatic hydroxyl groups is 2. The van der Waals surface area contributed by atoms with E-state index in [9.17, 15) is 15.0 Å². The third kappa shape index (κ3) is 1.38. The number of carbonyl (C=O) groups excluding carboxylic acids is 1. The lowest BCUT2D eigenvalue weighted by Gasteiger charge is -2.51. The Kier molecular flexibility index (Phi) is 2.84. The summed E-state index contributed by atoms with van der Waals surface area (Å²) in [6.07, 6.45) is -0.316. The summed E-state index contributed by atoms with van der Waals surface area (Å²) in [5, 5.41) is 20.0. The van der Waals surface area contributed by atoms with E-state index in [4.69, 9.17) is 27.9 Å². The number of hydrogen-bond donors (Lipinski definition) is 2. The van der Waals surface area contributed by atoms with Gasteiger partial charge in [0.1, 0.15) is 11.7 Å². The van der Waals surface area contributed by atoms with Gasteiger partial charge in [0.05, 0.1) is 11.1 Å². The summed E-state index contributed by atoms with van der Waals surface area (Å²) in [5.41, 5.74) is -1.39. The molecular weight excluding hydrogens is 255 g/mol. The first kappa shape index (κ1) is 12.3. The number of fused-ring (bicyclic) bond motifs is 2. The molecule has 0 aromatic heterocycles. The maximum Gasteiger partial charge on any atom is 0.200 e. The summed E-state index contributed by atoms with van der Waals surface area (Å²) in [7, 11) is 1.34. The van der Waals surface area contributed by atoms with Gasteiger partial charge in [-0.3, -0.25) is 4.79 Å². The highest BCUT2D eigenvalue weighted by molar-refractivity contribution is 6.51. The van der Waals surface area contributed by atoms with Gasteiger partial charge in [0.25, 0.3) is 0 Å². The second-order valence-corrected chi connectivity index (χ2v) is 5.28. The standard InChI is InChI=1S/C10H12Cl2O4/c1-16-8-9(15)3-2-6(13)10(8,12)7(14)5(11)4-9/h4,6,8,13,15H,2-3H2,1H3/t6-,8+,9+,10-/m1/s1. The minimum absolute atomic E-state index is 0.149. The lowest BCUT2D eigenvalue weighted by atomic mass is 9.67. The lowest BCUT2D eigenvalue weighted by Crippen LogP contribution is -2.68. The highest BCUT2D eigenvalue weighted by Gasteiger charge is 2.64. The second kappa shape index (κ2) is 3.68. The molecule has 1 fully saturated rings. The molecule has 0 heterocycles. The molecule has 2 aliphatic carbocycles. The number of Topliss-reactive ketones (excluding diaryl/α,β-unsaturated/α-hetero) is 1. The van der Waals surface area contributed by atoms with Gasteiger partial charge in [0, 0.05) is 7.11 Å². The van der Waals surface area contributed by atoms with E-state index < -0.39 is 28.5 Å². The molecule has 2 bridgehead atoms. The summed E-state index contributed by atoms with van der Waals surface area (Å²) >= 11 is 11.9. The molecule has 0 radical (unpaired) electrons. The number of allylic oxidation sites excluding steroid dienone is 1. The van der Waals surface area contributed by atoms with Crippen molar-refractivity contribution >= 4 is 29.0 Å². The molecule has 16 heavy (non-hydrogen) atoms. The lowest BCUT2D eigenvalue weighted by molar-refractivity contribution is -0.158. The minimum atomic E-state index is -1.69. The molecule has 4 atom stereocenters. The molecule has 0 aromatic carbocycles. The third-order valence-corrected chi connectivity index (χ3v) is 4.22. The van der Waals surface area contributed by atoms with Gasteiger partial charge in [-0.05, 0) is 18.9 Å². The predicted molar refractivity (Wildman–Crippen MR) is 58.5 cm³/mol. The molecule has 0 unspecified atom stereocenters. The van der Waals surface area contributed by atoms with Crippen LogP contribution in [0.25, 0.3) is 0 Å². The number of ketones is 1. The monoisotopic (exact) mass is 266 g/mol. The summed E-state index contributed by atoms with van der Waals surface area (Å²) < 4.78 is 5.09. The van der Waals surface area contributed by atoms with Crippen molar-refractivity contribution in [2.75, 3.05) is 7.11 Å². The van der Waals surface area contributed by atoms with Crippen molar-refractivity contribution in [2.24, 2.45) is 0 Å². The van der Waals surface area contributed by atoms with Crippen LogP contribution in [0, 0.1) is 0 Å². The van der Waals surface area contributed by atoms with Gasteiger partial charge in [0.15, 0.2) is 10.7 Å². The zero-order chi connectivity index (χ0) is 12.1. The Morgan fingerprint density at radius 3 is 2.81 bits per heavy atom. The zero-order valence-electron chi connectivity index (χ0n) is 8.61. The maximum atomic E-state index is 11.9. The fourth-order valence-corrected chi connectivity index (χ4v) is 3.39. The molecule has 90 valence electrons. The zero-order valence-corrected chi connectivity index (χ0v) is 10.1.